The molecule has 0 aromatic carbocycles. The molecule has 3 N–H and O–H groups in total. The van der Waals surface area contributed by atoms with E-state index in [-0.39, 0.29) is 17.5 Å². The van der Waals surface area contributed by atoms with Gasteiger partial charge < -0.3 is 15.3 Å². The quantitative estimate of drug-likeness (QED) is 0.792. The number of hydrogen-bond donors (Lipinski definition) is 2. The van der Waals surface area contributed by atoms with Crippen molar-refractivity contribution in [1.82, 2.24) is 4.90 Å². The fourth-order valence-electron chi connectivity index (χ4n) is 2.18. The van der Waals surface area contributed by atoms with Gasteiger partial charge in [-0.15, -0.1) is 0 Å². The lowest BCUT2D eigenvalue weighted by Gasteiger charge is -2.20. The molecular formula is C11H14N2O4. The van der Waals surface area contributed by atoms with Gasteiger partial charge >= 0.3 is 5.97 Å². The number of carbonyl (C=O) groups excluding carboxylic acids is 1. The summed E-state index contributed by atoms with van der Waals surface area (Å²) in [6.45, 7) is 1.04. The van der Waals surface area contributed by atoms with Gasteiger partial charge in [0.2, 0.25) is 5.91 Å². The van der Waals surface area contributed by atoms with Crippen LogP contribution in [0.25, 0.3) is 0 Å². The molecule has 0 aliphatic carbocycles. The van der Waals surface area contributed by atoms with Crippen molar-refractivity contribution in [3.05, 3.63) is 23.7 Å². The molecule has 1 aliphatic heterocycles. The highest BCUT2D eigenvalue weighted by molar-refractivity contribution is 5.88. The Kier molecular flexibility index (Phi) is 3.14. The van der Waals surface area contributed by atoms with E-state index in [2.05, 4.69) is 0 Å². The largest absolute Gasteiger partial charge is 0.478 e. The fourth-order valence-corrected chi connectivity index (χ4v) is 2.18. The van der Waals surface area contributed by atoms with Crippen molar-refractivity contribution in [2.24, 2.45) is 5.73 Å². The maximum absolute atomic E-state index is 11.2. The predicted molar refractivity (Wildman–Crippen MR) is 58.3 cm³/mol. The molecule has 0 radical (unpaired) electrons. The molecule has 1 aliphatic rings. The van der Waals surface area contributed by atoms with Crippen LogP contribution in [0.2, 0.25) is 0 Å². The van der Waals surface area contributed by atoms with Crippen molar-refractivity contribution < 1.29 is 19.1 Å². The van der Waals surface area contributed by atoms with E-state index in [0.29, 0.717) is 12.3 Å². The summed E-state index contributed by atoms with van der Waals surface area (Å²) in [6.07, 6.45) is 2.95. The molecule has 1 unspecified atom stereocenters. The minimum absolute atomic E-state index is 0.139. The first-order valence-corrected chi connectivity index (χ1v) is 5.42. The maximum Gasteiger partial charge on any atom is 0.339 e. The molecule has 0 spiro atoms. The number of nitrogens with two attached hydrogens (primary N) is 1. The van der Waals surface area contributed by atoms with Crippen molar-refractivity contribution in [3.8, 4) is 0 Å². The van der Waals surface area contributed by atoms with Crippen molar-refractivity contribution in [3.63, 3.8) is 0 Å². The SMILES string of the molecule is NC(=O)C1CCCN1Cc1occc1C(=O)O. The van der Waals surface area contributed by atoms with E-state index >= 15 is 0 Å². The molecule has 2 rings (SSSR count). The van der Waals surface area contributed by atoms with E-state index in [1.54, 1.807) is 0 Å². The summed E-state index contributed by atoms with van der Waals surface area (Å²) in [5, 5.41) is 8.93. The Hall–Kier alpha value is -1.82. The topological polar surface area (TPSA) is 96.8 Å². The lowest BCUT2D eigenvalue weighted by Crippen LogP contribution is -2.39. The van der Waals surface area contributed by atoms with Gasteiger partial charge in [-0.2, -0.15) is 0 Å². The van der Waals surface area contributed by atoms with Crippen LogP contribution in [-0.2, 0) is 11.3 Å². The maximum atomic E-state index is 11.2. The number of amides is 1. The molecule has 1 saturated heterocycles. The van der Waals surface area contributed by atoms with Crippen LogP contribution in [0.1, 0.15) is 29.0 Å². The van der Waals surface area contributed by atoms with E-state index in [1.165, 1.54) is 12.3 Å². The molecule has 1 aromatic rings. The van der Waals surface area contributed by atoms with Crippen molar-refractivity contribution in [2.75, 3.05) is 6.54 Å². The second kappa shape index (κ2) is 4.58. The van der Waals surface area contributed by atoms with Gasteiger partial charge in [-0.05, 0) is 25.5 Å². The van der Waals surface area contributed by atoms with Gasteiger partial charge in [0, 0.05) is 0 Å². The van der Waals surface area contributed by atoms with Crippen molar-refractivity contribution in [2.45, 2.75) is 25.4 Å². The smallest absolute Gasteiger partial charge is 0.339 e. The molecule has 1 aromatic heterocycles. The zero-order chi connectivity index (χ0) is 12.4. The highest BCUT2D eigenvalue weighted by Gasteiger charge is 2.30. The number of hydrogen-bond acceptors (Lipinski definition) is 4. The molecule has 2 heterocycles. The first-order valence-electron chi connectivity index (χ1n) is 5.42. The third-order valence-electron chi connectivity index (χ3n) is 3.01. The fraction of sp³-hybridized carbons (Fsp3) is 0.455. The van der Waals surface area contributed by atoms with Gasteiger partial charge in [0.05, 0.1) is 18.8 Å². The number of carbonyl (C=O) groups is 2. The highest BCUT2D eigenvalue weighted by atomic mass is 16.4. The van der Waals surface area contributed by atoms with Gasteiger partial charge in [0.15, 0.2) is 0 Å². The zero-order valence-electron chi connectivity index (χ0n) is 9.26. The standard InChI is InChI=1S/C11H14N2O4/c12-10(14)8-2-1-4-13(8)6-9-7(11(15)16)3-5-17-9/h3,5,8H,1-2,4,6H2,(H2,12,14)(H,15,16). The summed E-state index contributed by atoms with van der Waals surface area (Å²) >= 11 is 0. The molecule has 6 heteroatoms. The summed E-state index contributed by atoms with van der Waals surface area (Å²) in [5.41, 5.74) is 5.43. The van der Waals surface area contributed by atoms with Crippen LogP contribution in [0.4, 0.5) is 0 Å². The van der Waals surface area contributed by atoms with E-state index < -0.39 is 5.97 Å². The normalized spacial score (nSPS) is 20.6. The number of furan rings is 1. The average Bonchev–Trinajstić information content (AvgIpc) is 2.86. The summed E-state index contributed by atoms with van der Waals surface area (Å²) in [6, 6.07) is 1.09. The number of carboxylic acid groups (broad SMARTS) is 1. The Bertz CT molecular complexity index is 440. The van der Waals surface area contributed by atoms with Crippen molar-refractivity contribution >= 4 is 11.9 Å². The Morgan fingerprint density at radius 1 is 1.59 bits per heavy atom. The number of nitrogens with zero attached hydrogens (tertiary/aromatic N) is 1. The molecule has 1 fully saturated rings. The van der Waals surface area contributed by atoms with E-state index in [0.717, 1.165) is 19.4 Å². The Morgan fingerprint density at radius 2 is 2.35 bits per heavy atom. The van der Waals surface area contributed by atoms with Gasteiger partial charge in [-0.1, -0.05) is 0 Å². The molecule has 1 atom stereocenters. The van der Waals surface area contributed by atoms with Crippen LogP contribution >= 0.6 is 0 Å². The van der Waals surface area contributed by atoms with Crippen LogP contribution in [0.3, 0.4) is 0 Å². The zero-order valence-corrected chi connectivity index (χ0v) is 9.26. The van der Waals surface area contributed by atoms with Crippen LogP contribution in [-0.4, -0.2) is 34.5 Å². The van der Waals surface area contributed by atoms with Crippen LogP contribution in [0.15, 0.2) is 16.7 Å². The highest BCUT2D eigenvalue weighted by Crippen LogP contribution is 2.21. The summed E-state index contributed by atoms with van der Waals surface area (Å²) < 4.78 is 5.14. The summed E-state index contributed by atoms with van der Waals surface area (Å²) in [4.78, 5) is 23.9. The molecule has 0 bridgehead atoms. The second-order valence-electron chi connectivity index (χ2n) is 4.09. The third-order valence-corrected chi connectivity index (χ3v) is 3.01. The Balaban J connectivity index is 2.12. The molecule has 17 heavy (non-hydrogen) atoms. The minimum Gasteiger partial charge on any atom is -0.478 e. The van der Waals surface area contributed by atoms with Crippen molar-refractivity contribution in [1.29, 1.82) is 0 Å². The number of likely N-dealkylation sites (tertiary alicyclic amines) is 1. The Labute approximate surface area is 98.0 Å². The van der Waals surface area contributed by atoms with Gasteiger partial charge in [-0.3, -0.25) is 9.69 Å². The van der Waals surface area contributed by atoms with Crippen LogP contribution in [0.5, 0.6) is 0 Å². The van der Waals surface area contributed by atoms with Gasteiger partial charge in [0.1, 0.15) is 11.3 Å². The lowest BCUT2D eigenvalue weighted by molar-refractivity contribution is -0.122. The molecule has 1 amide bonds. The predicted octanol–water partition coefficient (Wildman–Crippen LogP) is 0.427. The summed E-state index contributed by atoms with van der Waals surface area (Å²) in [5.74, 6) is -1.03. The van der Waals surface area contributed by atoms with E-state index in [9.17, 15) is 9.59 Å². The van der Waals surface area contributed by atoms with Gasteiger partial charge in [-0.25, -0.2) is 4.79 Å². The van der Waals surface area contributed by atoms with E-state index in [1.807, 2.05) is 4.90 Å². The second-order valence-corrected chi connectivity index (χ2v) is 4.09. The minimum atomic E-state index is -1.02. The van der Waals surface area contributed by atoms with Crippen LogP contribution < -0.4 is 5.73 Å². The third kappa shape index (κ3) is 2.31. The first kappa shape index (κ1) is 11.7. The number of rotatable bonds is 4. The van der Waals surface area contributed by atoms with E-state index in [4.69, 9.17) is 15.3 Å². The average molecular weight is 238 g/mol. The van der Waals surface area contributed by atoms with Crippen LogP contribution in [0, 0.1) is 0 Å². The van der Waals surface area contributed by atoms with Gasteiger partial charge in [0.25, 0.3) is 0 Å². The lowest BCUT2D eigenvalue weighted by atomic mass is 10.2. The Morgan fingerprint density at radius 3 is 3.00 bits per heavy atom. The number of carboxylic acids is 1. The molecule has 6 nitrogen and oxygen atoms in total. The first-order chi connectivity index (χ1) is 8.09. The monoisotopic (exact) mass is 238 g/mol. The molecule has 92 valence electrons. The number of aromatic carboxylic acids is 1. The molecular weight excluding hydrogens is 224 g/mol. The summed E-state index contributed by atoms with van der Waals surface area (Å²) in [7, 11) is 0. The molecule has 0 saturated carbocycles. The number of primary amides is 1.